The zero-order chi connectivity index (χ0) is 11.1. The Morgan fingerprint density at radius 3 is 3.07 bits per heavy atom. The molecule has 84 valence electrons. The first-order chi connectivity index (χ1) is 7.24. The van der Waals surface area contributed by atoms with Gasteiger partial charge >= 0.3 is 0 Å². The highest BCUT2D eigenvalue weighted by molar-refractivity contribution is 8.13. The summed E-state index contributed by atoms with van der Waals surface area (Å²) in [7, 11) is 0. The van der Waals surface area contributed by atoms with Crippen molar-refractivity contribution in [3.63, 3.8) is 0 Å². The molecule has 1 saturated heterocycles. The Hall–Kier alpha value is -0.970. The van der Waals surface area contributed by atoms with Gasteiger partial charge in [0.2, 0.25) is 5.91 Å². The van der Waals surface area contributed by atoms with E-state index in [0.717, 1.165) is 18.7 Å². The van der Waals surface area contributed by atoms with Crippen LogP contribution >= 0.6 is 11.8 Å². The van der Waals surface area contributed by atoms with Crippen molar-refractivity contribution in [2.75, 3.05) is 25.4 Å². The third kappa shape index (κ3) is 4.38. The number of carbonyl (C=O) groups is 2. The number of nitrogens with zero attached hydrogens (tertiary/aromatic N) is 1. The smallest absolute Gasteiger partial charge is 0.281 e. The van der Waals surface area contributed by atoms with Crippen molar-refractivity contribution in [3.8, 4) is 0 Å². The lowest BCUT2D eigenvalue weighted by molar-refractivity contribution is -0.121. The third-order valence-corrected chi connectivity index (χ3v) is 3.02. The predicted octanol–water partition coefficient (Wildman–Crippen LogP) is 1.24. The van der Waals surface area contributed by atoms with Gasteiger partial charge in [0, 0.05) is 31.8 Å². The summed E-state index contributed by atoms with van der Waals surface area (Å²) in [5, 5.41) is 2.86. The van der Waals surface area contributed by atoms with Crippen LogP contribution in [0.4, 0.5) is 4.79 Å². The van der Waals surface area contributed by atoms with Crippen LogP contribution in [0.1, 0.15) is 12.8 Å². The Kier molecular flexibility index (Phi) is 5.25. The Balaban J connectivity index is 2.10. The van der Waals surface area contributed by atoms with Crippen LogP contribution < -0.4 is 5.32 Å². The minimum Gasteiger partial charge on any atom is -0.356 e. The molecule has 1 N–H and O–H groups in total. The van der Waals surface area contributed by atoms with Gasteiger partial charge in [0.15, 0.2) is 0 Å². The van der Waals surface area contributed by atoms with Gasteiger partial charge in [-0.15, -0.1) is 6.58 Å². The lowest BCUT2D eigenvalue weighted by Gasteiger charge is -2.13. The van der Waals surface area contributed by atoms with Gasteiger partial charge < -0.3 is 10.2 Å². The number of thioether (sulfide) groups is 1. The molecule has 0 atom stereocenters. The molecule has 1 heterocycles. The summed E-state index contributed by atoms with van der Waals surface area (Å²) in [4.78, 5) is 24.2. The summed E-state index contributed by atoms with van der Waals surface area (Å²) in [6.07, 6.45) is 2.94. The van der Waals surface area contributed by atoms with Gasteiger partial charge in [0.05, 0.1) is 0 Å². The molecule has 0 aromatic heterocycles. The average Bonchev–Trinajstić information content (AvgIpc) is 2.61. The summed E-state index contributed by atoms with van der Waals surface area (Å²) in [5.74, 6) is 0.846. The van der Waals surface area contributed by atoms with Crippen LogP contribution in [0.15, 0.2) is 12.7 Å². The maximum Gasteiger partial charge on any atom is 0.281 e. The molecule has 1 aliphatic rings. The third-order valence-electron chi connectivity index (χ3n) is 2.12. The minimum absolute atomic E-state index is 0.00144. The van der Waals surface area contributed by atoms with Crippen molar-refractivity contribution in [2.45, 2.75) is 12.8 Å². The molecule has 1 fully saturated rings. The van der Waals surface area contributed by atoms with E-state index < -0.39 is 0 Å². The van der Waals surface area contributed by atoms with E-state index in [2.05, 4.69) is 11.9 Å². The highest BCUT2D eigenvalue weighted by Crippen LogP contribution is 2.16. The summed E-state index contributed by atoms with van der Waals surface area (Å²) >= 11 is 1.32. The highest BCUT2D eigenvalue weighted by atomic mass is 32.2. The molecular formula is C10H16N2O2S. The van der Waals surface area contributed by atoms with Crippen molar-refractivity contribution >= 4 is 22.9 Å². The Labute approximate surface area is 94.1 Å². The molecule has 0 radical (unpaired) electrons. The second kappa shape index (κ2) is 6.50. The molecule has 15 heavy (non-hydrogen) atoms. The van der Waals surface area contributed by atoms with Gasteiger partial charge in [-0.1, -0.05) is 17.8 Å². The Morgan fingerprint density at radius 2 is 2.47 bits per heavy atom. The number of rotatable bonds is 6. The minimum atomic E-state index is 0.00144. The summed E-state index contributed by atoms with van der Waals surface area (Å²) in [6, 6.07) is 0. The maximum atomic E-state index is 11.3. The quantitative estimate of drug-likeness (QED) is 0.549. The molecule has 0 unspecified atom stereocenters. The highest BCUT2D eigenvalue weighted by Gasteiger charge is 2.20. The topological polar surface area (TPSA) is 49.4 Å². The van der Waals surface area contributed by atoms with Gasteiger partial charge in [-0.25, -0.2) is 0 Å². The van der Waals surface area contributed by atoms with E-state index in [0.29, 0.717) is 19.5 Å². The maximum absolute atomic E-state index is 11.3. The van der Waals surface area contributed by atoms with Crippen molar-refractivity contribution in [1.29, 1.82) is 0 Å². The van der Waals surface area contributed by atoms with E-state index in [4.69, 9.17) is 0 Å². The molecule has 0 saturated carbocycles. The van der Waals surface area contributed by atoms with E-state index in [1.54, 1.807) is 11.0 Å². The van der Waals surface area contributed by atoms with Gasteiger partial charge in [-0.05, 0) is 6.42 Å². The van der Waals surface area contributed by atoms with Crippen LogP contribution in [0.2, 0.25) is 0 Å². The first-order valence-corrected chi connectivity index (χ1v) is 6.02. The second-order valence-electron chi connectivity index (χ2n) is 3.28. The van der Waals surface area contributed by atoms with E-state index in [9.17, 15) is 9.59 Å². The second-order valence-corrected chi connectivity index (χ2v) is 4.32. The zero-order valence-corrected chi connectivity index (χ0v) is 9.52. The predicted molar refractivity (Wildman–Crippen MR) is 61.9 cm³/mol. The zero-order valence-electron chi connectivity index (χ0n) is 8.70. The normalized spacial score (nSPS) is 15.5. The molecule has 1 rings (SSSR count). The number of amides is 2. The monoisotopic (exact) mass is 228 g/mol. The van der Waals surface area contributed by atoms with Crippen molar-refractivity contribution in [3.05, 3.63) is 12.7 Å². The molecular weight excluding hydrogens is 212 g/mol. The van der Waals surface area contributed by atoms with E-state index in [1.807, 2.05) is 0 Å². The molecule has 0 aliphatic carbocycles. The van der Waals surface area contributed by atoms with E-state index >= 15 is 0 Å². The Morgan fingerprint density at radius 1 is 1.67 bits per heavy atom. The largest absolute Gasteiger partial charge is 0.356 e. The van der Waals surface area contributed by atoms with Crippen molar-refractivity contribution in [2.24, 2.45) is 0 Å². The fraction of sp³-hybridized carbons (Fsp3) is 0.600. The van der Waals surface area contributed by atoms with Crippen LogP contribution in [-0.2, 0) is 4.79 Å². The van der Waals surface area contributed by atoms with Crippen molar-refractivity contribution in [1.82, 2.24) is 10.2 Å². The molecule has 0 aromatic carbocycles. The molecule has 1 aliphatic heterocycles. The number of hydrogen-bond donors (Lipinski definition) is 1. The molecule has 0 spiro atoms. The van der Waals surface area contributed by atoms with E-state index in [1.165, 1.54) is 11.8 Å². The van der Waals surface area contributed by atoms with E-state index in [-0.39, 0.29) is 11.1 Å². The lowest BCUT2D eigenvalue weighted by atomic mass is 10.3. The van der Waals surface area contributed by atoms with Crippen LogP contribution in [0, 0.1) is 0 Å². The number of hydrogen-bond acceptors (Lipinski definition) is 3. The SMILES string of the molecule is C=CCCNC(=O)CCN1CCSC1=O. The number of nitrogens with one attached hydrogen (secondary N) is 1. The summed E-state index contributed by atoms with van der Waals surface area (Å²) in [5.41, 5.74) is 0. The van der Waals surface area contributed by atoms with Crippen molar-refractivity contribution < 1.29 is 9.59 Å². The average molecular weight is 228 g/mol. The lowest BCUT2D eigenvalue weighted by Crippen LogP contribution is -2.31. The van der Waals surface area contributed by atoms with Crippen LogP contribution in [0.5, 0.6) is 0 Å². The standard InChI is InChI=1S/C10H16N2O2S/c1-2-3-5-11-9(13)4-6-12-7-8-15-10(12)14/h2H,1,3-8H2,(H,11,13). The fourth-order valence-corrected chi connectivity index (χ4v) is 2.12. The first-order valence-electron chi connectivity index (χ1n) is 5.03. The van der Waals surface area contributed by atoms with Gasteiger partial charge in [0.25, 0.3) is 5.24 Å². The van der Waals surface area contributed by atoms with Gasteiger partial charge in [0.1, 0.15) is 0 Å². The van der Waals surface area contributed by atoms with Crippen LogP contribution in [0.3, 0.4) is 0 Å². The van der Waals surface area contributed by atoms with Gasteiger partial charge in [-0.2, -0.15) is 0 Å². The Bertz CT molecular complexity index is 256. The molecule has 2 amide bonds. The summed E-state index contributed by atoms with van der Waals surface area (Å²) < 4.78 is 0. The molecule has 0 bridgehead atoms. The van der Waals surface area contributed by atoms with Gasteiger partial charge in [-0.3, -0.25) is 9.59 Å². The van der Waals surface area contributed by atoms with Crippen LogP contribution in [-0.4, -0.2) is 41.4 Å². The fourth-order valence-electron chi connectivity index (χ4n) is 1.27. The first kappa shape index (κ1) is 12.1. The molecule has 0 aromatic rings. The summed E-state index contributed by atoms with van der Waals surface area (Å²) in [6.45, 7) is 5.50. The van der Waals surface area contributed by atoms with Crippen LogP contribution in [0.25, 0.3) is 0 Å². The molecule has 4 nitrogen and oxygen atoms in total. The number of carbonyl (C=O) groups excluding carboxylic acids is 2. The molecule has 5 heteroatoms.